The third kappa shape index (κ3) is 9.31. The van der Waals surface area contributed by atoms with Crippen LogP contribution >= 0.6 is 34.8 Å². The summed E-state index contributed by atoms with van der Waals surface area (Å²) in [6.07, 6.45) is 1.25. The smallest absolute Gasteiger partial charge is 0.145 e. The van der Waals surface area contributed by atoms with Gasteiger partial charge in [-0.15, -0.1) is 34.8 Å². The lowest BCUT2D eigenvalue weighted by molar-refractivity contribution is 0.141. The second kappa shape index (κ2) is 8.33. The lowest BCUT2D eigenvalue weighted by Gasteiger charge is -2.18. The van der Waals surface area contributed by atoms with Crippen molar-refractivity contribution in [2.75, 3.05) is 25.7 Å². The summed E-state index contributed by atoms with van der Waals surface area (Å²) in [7, 11) is 0.722. The van der Waals surface area contributed by atoms with Gasteiger partial charge in [-0.25, -0.2) is 0 Å². The molecule has 0 saturated carbocycles. The van der Waals surface area contributed by atoms with Crippen LogP contribution in [-0.4, -0.2) is 40.5 Å². The lowest BCUT2D eigenvalue weighted by Crippen LogP contribution is -2.18. The number of hydrogen-bond acceptors (Lipinski definition) is 2. The molecule has 0 atom stereocenters. The normalized spacial score (nSPS) is 12.2. The van der Waals surface area contributed by atoms with Crippen molar-refractivity contribution in [2.45, 2.75) is 17.2 Å². The van der Waals surface area contributed by atoms with Crippen LogP contribution in [0.25, 0.3) is 0 Å². The Labute approximate surface area is 97.4 Å². The Kier molecular flexibility index (Phi) is 8.97. The molecule has 0 spiro atoms. The van der Waals surface area contributed by atoms with Crippen molar-refractivity contribution in [3.8, 4) is 0 Å². The van der Waals surface area contributed by atoms with E-state index in [9.17, 15) is 0 Å². The molecule has 0 amide bonds. The van der Waals surface area contributed by atoms with Crippen LogP contribution in [0.1, 0.15) is 12.8 Å². The SMILES string of the molecule is [SiH3]OCCC(Cl)(Cl)CCOCCCl. The largest absolute Gasteiger partial charge is 0.428 e. The highest BCUT2D eigenvalue weighted by molar-refractivity contribution is 6.48. The summed E-state index contributed by atoms with van der Waals surface area (Å²) in [5, 5.41) is 0. The van der Waals surface area contributed by atoms with Crippen LogP contribution < -0.4 is 0 Å². The quantitative estimate of drug-likeness (QED) is 0.376. The Morgan fingerprint density at radius 3 is 2.23 bits per heavy atom. The van der Waals surface area contributed by atoms with Crippen molar-refractivity contribution in [1.82, 2.24) is 0 Å². The second-order valence-corrected chi connectivity index (χ2v) is 5.25. The van der Waals surface area contributed by atoms with Gasteiger partial charge in [-0.2, -0.15) is 0 Å². The van der Waals surface area contributed by atoms with E-state index >= 15 is 0 Å². The molecule has 0 bridgehead atoms. The fraction of sp³-hybridized carbons (Fsp3) is 1.00. The van der Waals surface area contributed by atoms with E-state index in [0.29, 0.717) is 38.5 Å². The summed E-state index contributed by atoms with van der Waals surface area (Å²) in [6, 6.07) is 0. The topological polar surface area (TPSA) is 18.5 Å². The Bertz CT molecular complexity index is 124. The van der Waals surface area contributed by atoms with Crippen molar-refractivity contribution in [1.29, 1.82) is 0 Å². The van der Waals surface area contributed by atoms with Gasteiger partial charge in [0.2, 0.25) is 0 Å². The highest BCUT2D eigenvalue weighted by atomic mass is 35.5. The summed E-state index contributed by atoms with van der Waals surface area (Å²) in [5.74, 6) is 0.501. The molecule has 0 fully saturated rings. The highest BCUT2D eigenvalue weighted by Gasteiger charge is 2.22. The number of rotatable bonds is 8. The molecule has 0 saturated heterocycles. The lowest BCUT2D eigenvalue weighted by atomic mass is 10.2. The first-order valence-electron chi connectivity index (χ1n) is 4.13. The van der Waals surface area contributed by atoms with Gasteiger partial charge in [0.05, 0.1) is 6.61 Å². The maximum Gasteiger partial charge on any atom is 0.145 e. The van der Waals surface area contributed by atoms with E-state index < -0.39 is 4.33 Å². The molecular weight excluding hydrogens is 251 g/mol. The zero-order valence-corrected chi connectivity index (χ0v) is 12.0. The van der Waals surface area contributed by atoms with Gasteiger partial charge in [0, 0.05) is 31.9 Å². The van der Waals surface area contributed by atoms with E-state index in [-0.39, 0.29) is 0 Å². The second-order valence-electron chi connectivity index (χ2n) is 2.65. The van der Waals surface area contributed by atoms with E-state index in [1.165, 1.54) is 0 Å². The zero-order valence-electron chi connectivity index (χ0n) is 7.69. The number of alkyl halides is 3. The fourth-order valence-electron chi connectivity index (χ4n) is 0.754. The molecule has 0 radical (unpaired) electrons. The van der Waals surface area contributed by atoms with Crippen molar-refractivity contribution < 1.29 is 9.16 Å². The van der Waals surface area contributed by atoms with E-state index in [1.54, 1.807) is 0 Å². The minimum Gasteiger partial charge on any atom is -0.428 e. The summed E-state index contributed by atoms with van der Waals surface area (Å²) in [5.41, 5.74) is 0. The first kappa shape index (κ1) is 14.0. The van der Waals surface area contributed by atoms with Crippen LogP contribution in [0.2, 0.25) is 0 Å². The minimum absolute atomic E-state index is 0.501. The molecule has 0 heterocycles. The molecule has 0 aromatic rings. The van der Waals surface area contributed by atoms with E-state index in [4.69, 9.17) is 44.0 Å². The van der Waals surface area contributed by atoms with Gasteiger partial charge in [0.25, 0.3) is 0 Å². The summed E-state index contributed by atoms with van der Waals surface area (Å²) in [4.78, 5) is 0. The van der Waals surface area contributed by atoms with Crippen LogP contribution in [0.15, 0.2) is 0 Å². The average molecular weight is 266 g/mol. The van der Waals surface area contributed by atoms with Crippen molar-refractivity contribution in [2.24, 2.45) is 0 Å². The Morgan fingerprint density at radius 1 is 1.08 bits per heavy atom. The van der Waals surface area contributed by atoms with Crippen molar-refractivity contribution >= 4 is 45.3 Å². The van der Waals surface area contributed by atoms with Gasteiger partial charge < -0.3 is 9.16 Å². The van der Waals surface area contributed by atoms with Gasteiger partial charge in [0.15, 0.2) is 0 Å². The predicted molar refractivity (Wildman–Crippen MR) is 61.1 cm³/mol. The van der Waals surface area contributed by atoms with Gasteiger partial charge in [-0.05, 0) is 0 Å². The monoisotopic (exact) mass is 264 g/mol. The van der Waals surface area contributed by atoms with E-state index in [0.717, 1.165) is 10.5 Å². The van der Waals surface area contributed by atoms with Crippen LogP contribution in [0.4, 0.5) is 0 Å². The molecular formula is C7H15Cl3O2Si. The zero-order chi connectivity index (χ0) is 10.2. The molecule has 0 aromatic heterocycles. The van der Waals surface area contributed by atoms with E-state index in [2.05, 4.69) is 0 Å². The first-order chi connectivity index (χ1) is 6.12. The minimum atomic E-state index is -0.725. The highest BCUT2D eigenvalue weighted by Crippen LogP contribution is 2.29. The van der Waals surface area contributed by atoms with Crippen LogP contribution in [0, 0.1) is 0 Å². The van der Waals surface area contributed by atoms with Crippen molar-refractivity contribution in [3.05, 3.63) is 0 Å². The third-order valence-corrected chi connectivity index (χ3v) is 2.82. The van der Waals surface area contributed by atoms with Crippen LogP contribution in [0.5, 0.6) is 0 Å². The predicted octanol–water partition coefficient (Wildman–Crippen LogP) is 1.49. The molecule has 13 heavy (non-hydrogen) atoms. The Hall–Kier alpha value is 1.01. The third-order valence-electron chi connectivity index (χ3n) is 1.51. The standard InChI is InChI=1S/C7H15Cl3O2Si/c8-3-6-11-4-1-7(9,10)2-5-12-13/h1-6H2,13H3. The molecule has 80 valence electrons. The molecule has 0 aliphatic carbocycles. The average Bonchev–Trinajstić information content (AvgIpc) is 2.09. The molecule has 2 nitrogen and oxygen atoms in total. The maximum atomic E-state index is 5.98. The van der Waals surface area contributed by atoms with Gasteiger partial charge in [0.1, 0.15) is 14.8 Å². The number of hydrogen-bond donors (Lipinski definition) is 0. The van der Waals surface area contributed by atoms with Crippen LogP contribution in [0.3, 0.4) is 0 Å². The Morgan fingerprint density at radius 2 is 1.69 bits per heavy atom. The summed E-state index contributed by atoms with van der Waals surface area (Å²) < 4.78 is 9.45. The van der Waals surface area contributed by atoms with Gasteiger partial charge >= 0.3 is 0 Å². The van der Waals surface area contributed by atoms with Crippen molar-refractivity contribution in [3.63, 3.8) is 0 Å². The first-order valence-corrected chi connectivity index (χ1v) is 6.23. The summed E-state index contributed by atoms with van der Waals surface area (Å²) in [6.45, 7) is 1.71. The fourth-order valence-corrected chi connectivity index (χ4v) is 1.38. The van der Waals surface area contributed by atoms with E-state index in [1.807, 2.05) is 0 Å². The van der Waals surface area contributed by atoms with Gasteiger partial charge in [-0.3, -0.25) is 0 Å². The Balaban J connectivity index is 3.39. The molecule has 0 aliphatic rings. The number of halogens is 3. The van der Waals surface area contributed by atoms with Crippen LogP contribution in [-0.2, 0) is 9.16 Å². The molecule has 0 N–H and O–H groups in total. The molecule has 0 unspecified atom stereocenters. The summed E-state index contributed by atoms with van der Waals surface area (Å²) >= 11 is 17.4. The molecule has 6 heteroatoms. The maximum absolute atomic E-state index is 5.98. The molecule has 0 aliphatic heterocycles. The molecule has 0 aromatic carbocycles. The number of ether oxygens (including phenoxy) is 1. The molecule has 0 rings (SSSR count). The van der Waals surface area contributed by atoms with Gasteiger partial charge in [-0.1, -0.05) is 0 Å².